The highest BCUT2D eigenvalue weighted by Gasteiger charge is 2.17. The summed E-state index contributed by atoms with van der Waals surface area (Å²) in [6.45, 7) is 0.155. The molecule has 21 heavy (non-hydrogen) atoms. The lowest BCUT2D eigenvalue weighted by atomic mass is 9.96. The molecule has 0 spiro atoms. The third-order valence-corrected chi connectivity index (χ3v) is 3.77. The van der Waals surface area contributed by atoms with Crippen molar-refractivity contribution in [2.75, 3.05) is 18.5 Å². The fourth-order valence-electron chi connectivity index (χ4n) is 2.62. The van der Waals surface area contributed by atoms with Crippen LogP contribution in [0.3, 0.4) is 0 Å². The molecule has 0 atom stereocenters. The van der Waals surface area contributed by atoms with Crippen LogP contribution in [-0.2, 0) is 4.79 Å². The molecule has 0 radical (unpaired) electrons. The zero-order chi connectivity index (χ0) is 15.1. The molecule has 3 amide bonds. The smallest absolute Gasteiger partial charge is 0.321 e. The molecule has 1 aliphatic rings. The van der Waals surface area contributed by atoms with Gasteiger partial charge in [-0.2, -0.15) is 0 Å². The lowest BCUT2D eigenvalue weighted by Gasteiger charge is -2.23. The number of carbonyl (C=O) groups excluding carboxylic acids is 2. The summed E-state index contributed by atoms with van der Waals surface area (Å²) in [6, 6.07) is 9.44. The Morgan fingerprint density at radius 2 is 1.81 bits per heavy atom. The number of hydrogen-bond donors (Lipinski definition) is 2. The van der Waals surface area contributed by atoms with Gasteiger partial charge in [0.05, 0.1) is 6.54 Å². The van der Waals surface area contributed by atoms with Crippen molar-refractivity contribution in [3.8, 4) is 0 Å². The van der Waals surface area contributed by atoms with Crippen LogP contribution in [0.4, 0.5) is 10.5 Å². The minimum atomic E-state index is -0.381. The zero-order valence-electron chi connectivity index (χ0n) is 12.5. The minimum absolute atomic E-state index is 0.155. The maximum Gasteiger partial charge on any atom is 0.321 e. The third-order valence-electron chi connectivity index (χ3n) is 3.77. The predicted molar refractivity (Wildman–Crippen MR) is 83.3 cm³/mol. The number of nitrogens with zero attached hydrogens (tertiary/aromatic N) is 1. The summed E-state index contributed by atoms with van der Waals surface area (Å²) >= 11 is 0. The predicted octanol–water partition coefficient (Wildman–Crippen LogP) is 2.28. The van der Waals surface area contributed by atoms with Crippen molar-refractivity contribution in [1.82, 2.24) is 10.6 Å². The number of benzene rings is 1. The van der Waals surface area contributed by atoms with E-state index in [0.29, 0.717) is 0 Å². The molecule has 5 nitrogen and oxygen atoms in total. The van der Waals surface area contributed by atoms with Crippen molar-refractivity contribution < 1.29 is 9.59 Å². The lowest BCUT2D eigenvalue weighted by Crippen LogP contribution is -2.47. The summed E-state index contributed by atoms with van der Waals surface area (Å²) in [7, 11) is 1.83. The second kappa shape index (κ2) is 7.67. The van der Waals surface area contributed by atoms with Crippen LogP contribution in [0.2, 0.25) is 0 Å². The molecule has 5 heteroatoms. The van der Waals surface area contributed by atoms with E-state index in [4.69, 9.17) is 0 Å². The number of likely N-dealkylation sites (N-methyl/N-ethyl adjacent to an activating group) is 1. The molecule has 0 bridgehead atoms. The Labute approximate surface area is 125 Å². The average Bonchev–Trinajstić information content (AvgIpc) is 2.48. The Kier molecular flexibility index (Phi) is 5.60. The quantitative estimate of drug-likeness (QED) is 0.894. The summed E-state index contributed by atoms with van der Waals surface area (Å²) in [5.41, 5.74) is 0.945. The van der Waals surface area contributed by atoms with Crippen LogP contribution in [0.1, 0.15) is 32.1 Å². The molecule has 0 unspecified atom stereocenters. The molecule has 1 aliphatic carbocycles. The number of imide groups is 1. The minimum Gasteiger partial charge on any atom is -0.365 e. The van der Waals surface area contributed by atoms with Gasteiger partial charge in [0.1, 0.15) is 0 Å². The fraction of sp³-hybridized carbons (Fsp3) is 0.500. The first-order valence-electron chi connectivity index (χ1n) is 7.51. The Bertz CT molecular complexity index is 470. The van der Waals surface area contributed by atoms with Crippen LogP contribution < -0.4 is 15.5 Å². The largest absolute Gasteiger partial charge is 0.365 e. The van der Waals surface area contributed by atoms with Crippen LogP contribution >= 0.6 is 0 Å². The molecular weight excluding hydrogens is 266 g/mol. The number of carbonyl (C=O) groups is 2. The second-order valence-electron chi connectivity index (χ2n) is 5.55. The molecule has 0 heterocycles. The maximum absolute atomic E-state index is 11.9. The second-order valence-corrected chi connectivity index (χ2v) is 5.55. The van der Waals surface area contributed by atoms with Gasteiger partial charge in [0.15, 0.2) is 0 Å². The molecular formula is C16H23N3O2. The summed E-state index contributed by atoms with van der Waals surface area (Å²) in [5.74, 6) is -0.297. The van der Waals surface area contributed by atoms with Crippen molar-refractivity contribution in [3.05, 3.63) is 30.3 Å². The molecule has 1 aromatic carbocycles. The Morgan fingerprint density at radius 1 is 1.14 bits per heavy atom. The maximum atomic E-state index is 11.9. The molecule has 114 valence electrons. The summed E-state index contributed by atoms with van der Waals surface area (Å²) in [6.07, 6.45) is 5.54. The monoisotopic (exact) mass is 289 g/mol. The molecule has 1 aromatic rings. The van der Waals surface area contributed by atoms with E-state index in [1.807, 2.05) is 42.3 Å². The average molecular weight is 289 g/mol. The molecule has 1 fully saturated rings. The van der Waals surface area contributed by atoms with Gasteiger partial charge in [-0.3, -0.25) is 10.1 Å². The Hall–Kier alpha value is -2.04. The normalized spacial score (nSPS) is 15.3. The van der Waals surface area contributed by atoms with Gasteiger partial charge in [-0.05, 0) is 25.0 Å². The topological polar surface area (TPSA) is 61.4 Å². The molecule has 0 aromatic heterocycles. The van der Waals surface area contributed by atoms with Gasteiger partial charge in [-0.25, -0.2) is 4.79 Å². The fourth-order valence-corrected chi connectivity index (χ4v) is 2.62. The van der Waals surface area contributed by atoms with E-state index in [2.05, 4.69) is 10.6 Å². The van der Waals surface area contributed by atoms with Crippen LogP contribution in [-0.4, -0.2) is 31.6 Å². The molecule has 2 N–H and O–H groups in total. The van der Waals surface area contributed by atoms with Crippen molar-refractivity contribution in [2.45, 2.75) is 38.1 Å². The van der Waals surface area contributed by atoms with Crippen molar-refractivity contribution in [1.29, 1.82) is 0 Å². The molecule has 0 aliphatic heterocycles. The number of nitrogens with one attached hydrogen (secondary N) is 2. The SMILES string of the molecule is CN(CC(=O)NC(=O)NC1CCCCC1)c1ccccc1. The highest BCUT2D eigenvalue weighted by Crippen LogP contribution is 2.17. The summed E-state index contributed by atoms with van der Waals surface area (Å²) in [4.78, 5) is 25.5. The van der Waals surface area contributed by atoms with Gasteiger partial charge >= 0.3 is 6.03 Å². The van der Waals surface area contributed by atoms with Gasteiger partial charge in [0.2, 0.25) is 5.91 Å². The van der Waals surface area contributed by atoms with Crippen LogP contribution in [0.15, 0.2) is 30.3 Å². The highest BCUT2D eigenvalue weighted by atomic mass is 16.2. The summed E-state index contributed by atoms with van der Waals surface area (Å²) < 4.78 is 0. The highest BCUT2D eigenvalue weighted by molar-refractivity contribution is 5.96. The van der Waals surface area contributed by atoms with E-state index in [9.17, 15) is 9.59 Å². The van der Waals surface area contributed by atoms with Crippen LogP contribution in [0.25, 0.3) is 0 Å². The van der Waals surface area contributed by atoms with Crippen molar-refractivity contribution >= 4 is 17.6 Å². The number of anilines is 1. The van der Waals surface area contributed by atoms with Gasteiger partial charge in [-0.15, -0.1) is 0 Å². The number of rotatable bonds is 4. The first-order valence-corrected chi connectivity index (χ1v) is 7.51. The Morgan fingerprint density at radius 3 is 2.48 bits per heavy atom. The number of para-hydroxylation sites is 1. The van der Waals surface area contributed by atoms with Gasteiger partial charge in [0.25, 0.3) is 0 Å². The molecule has 0 saturated heterocycles. The van der Waals surface area contributed by atoms with Gasteiger partial charge in [-0.1, -0.05) is 37.5 Å². The van der Waals surface area contributed by atoms with E-state index in [-0.39, 0.29) is 24.5 Å². The summed E-state index contributed by atoms with van der Waals surface area (Å²) in [5, 5.41) is 5.27. The van der Waals surface area contributed by atoms with Crippen LogP contribution in [0, 0.1) is 0 Å². The first kappa shape index (κ1) is 15.4. The molecule has 1 saturated carbocycles. The van der Waals surface area contributed by atoms with E-state index in [1.54, 1.807) is 0 Å². The number of hydrogen-bond acceptors (Lipinski definition) is 3. The first-order chi connectivity index (χ1) is 10.1. The van der Waals surface area contributed by atoms with E-state index < -0.39 is 0 Å². The van der Waals surface area contributed by atoms with Gasteiger partial charge < -0.3 is 10.2 Å². The van der Waals surface area contributed by atoms with Crippen LogP contribution in [0.5, 0.6) is 0 Å². The van der Waals surface area contributed by atoms with Crippen molar-refractivity contribution in [3.63, 3.8) is 0 Å². The third kappa shape index (κ3) is 5.10. The Balaban J connectivity index is 1.74. The number of urea groups is 1. The van der Waals surface area contributed by atoms with Gasteiger partial charge in [0, 0.05) is 18.8 Å². The zero-order valence-corrected chi connectivity index (χ0v) is 12.5. The van der Waals surface area contributed by atoms with Crippen molar-refractivity contribution in [2.24, 2.45) is 0 Å². The lowest BCUT2D eigenvalue weighted by molar-refractivity contribution is -0.118. The van der Waals surface area contributed by atoms with E-state index in [0.717, 1.165) is 31.4 Å². The molecule has 2 rings (SSSR count). The number of amides is 3. The van der Waals surface area contributed by atoms with E-state index >= 15 is 0 Å². The van der Waals surface area contributed by atoms with E-state index in [1.165, 1.54) is 6.42 Å². The standard InChI is InChI=1S/C16H23N3O2/c1-19(14-10-6-3-7-11-14)12-15(20)18-16(21)17-13-8-4-2-5-9-13/h3,6-7,10-11,13H,2,4-5,8-9,12H2,1H3,(H2,17,18,20,21).